The van der Waals surface area contributed by atoms with Crippen LogP contribution in [0.25, 0.3) is 0 Å². The highest BCUT2D eigenvalue weighted by Gasteiger charge is 2.35. The van der Waals surface area contributed by atoms with E-state index in [-0.39, 0.29) is 18.2 Å². The van der Waals surface area contributed by atoms with Gasteiger partial charge in [0.2, 0.25) is 5.91 Å². The number of hydrogen-bond acceptors (Lipinski definition) is 6. The Kier molecular flexibility index (Phi) is 11.4. The van der Waals surface area contributed by atoms with E-state index in [0.29, 0.717) is 30.8 Å². The van der Waals surface area contributed by atoms with Crippen LogP contribution in [0, 0.1) is 0 Å². The monoisotopic (exact) mass is 460 g/mol. The lowest BCUT2D eigenvalue weighted by Gasteiger charge is -2.34. The molecule has 1 saturated heterocycles. The lowest BCUT2D eigenvalue weighted by molar-refractivity contribution is -0.147. The van der Waals surface area contributed by atoms with Gasteiger partial charge in [0.1, 0.15) is 6.04 Å². The summed E-state index contributed by atoms with van der Waals surface area (Å²) in [5.74, 6) is -1.73. The summed E-state index contributed by atoms with van der Waals surface area (Å²) in [6.45, 7) is 3.13. The summed E-state index contributed by atoms with van der Waals surface area (Å²) in [5, 5.41) is 2.71. The molecule has 33 heavy (non-hydrogen) atoms. The summed E-state index contributed by atoms with van der Waals surface area (Å²) in [7, 11) is 1.28. The third-order valence-corrected chi connectivity index (χ3v) is 5.77. The molecule has 2 amide bonds. The van der Waals surface area contributed by atoms with E-state index in [1.165, 1.54) is 68.4 Å². The van der Waals surface area contributed by atoms with Gasteiger partial charge < -0.3 is 19.7 Å². The maximum Gasteiger partial charge on any atom is 0.337 e. The van der Waals surface area contributed by atoms with Crippen LogP contribution in [0.1, 0.15) is 85.4 Å². The molecule has 1 fully saturated rings. The number of nitrogens with one attached hydrogen (secondary N) is 1. The predicted molar refractivity (Wildman–Crippen MR) is 124 cm³/mol. The van der Waals surface area contributed by atoms with E-state index in [2.05, 4.69) is 17.0 Å². The molecule has 1 N–H and O–H groups in total. The number of esters is 2. The molecule has 1 aliphatic rings. The zero-order valence-electron chi connectivity index (χ0n) is 19.8. The smallest absolute Gasteiger partial charge is 0.337 e. The van der Waals surface area contributed by atoms with Crippen molar-refractivity contribution in [3.05, 3.63) is 35.4 Å². The molecule has 0 aromatic heterocycles. The van der Waals surface area contributed by atoms with E-state index < -0.39 is 18.0 Å². The highest BCUT2D eigenvalue weighted by Crippen LogP contribution is 2.16. The first-order chi connectivity index (χ1) is 16.0. The van der Waals surface area contributed by atoms with Crippen molar-refractivity contribution >= 4 is 23.8 Å². The van der Waals surface area contributed by atoms with Crippen LogP contribution in [-0.2, 0) is 19.1 Å². The van der Waals surface area contributed by atoms with Crippen LogP contribution >= 0.6 is 0 Å². The molecule has 0 spiro atoms. The average molecular weight is 461 g/mol. The molecular weight excluding hydrogens is 424 g/mol. The van der Waals surface area contributed by atoms with Gasteiger partial charge in [-0.3, -0.25) is 14.4 Å². The number of rotatable bonds is 13. The second-order valence-corrected chi connectivity index (χ2v) is 8.27. The summed E-state index contributed by atoms with van der Waals surface area (Å²) in [6, 6.07) is 5.10. The van der Waals surface area contributed by atoms with E-state index in [0.717, 1.165) is 19.3 Å². The number of benzene rings is 1. The summed E-state index contributed by atoms with van der Waals surface area (Å²) >= 11 is 0. The molecule has 1 atom stereocenters. The van der Waals surface area contributed by atoms with Gasteiger partial charge in [0.15, 0.2) is 0 Å². The van der Waals surface area contributed by atoms with Gasteiger partial charge in [-0.1, -0.05) is 51.9 Å². The van der Waals surface area contributed by atoms with E-state index in [1.54, 1.807) is 0 Å². The lowest BCUT2D eigenvalue weighted by Crippen LogP contribution is -2.57. The highest BCUT2D eigenvalue weighted by molar-refractivity contribution is 6.00. The normalized spacial score (nSPS) is 15.6. The maximum absolute atomic E-state index is 13.0. The Morgan fingerprint density at radius 3 is 2.21 bits per heavy atom. The summed E-state index contributed by atoms with van der Waals surface area (Å²) in [4.78, 5) is 50.7. The molecule has 0 saturated carbocycles. The maximum atomic E-state index is 13.0. The summed E-state index contributed by atoms with van der Waals surface area (Å²) in [5.41, 5.74) is 0.654. The first-order valence-electron chi connectivity index (χ1n) is 11.9. The Bertz CT molecular complexity index is 793. The van der Waals surface area contributed by atoms with E-state index >= 15 is 0 Å². The molecule has 1 heterocycles. The van der Waals surface area contributed by atoms with E-state index in [4.69, 9.17) is 4.74 Å². The van der Waals surface area contributed by atoms with Gasteiger partial charge in [-0.15, -0.1) is 0 Å². The number of unbranched alkanes of at least 4 members (excludes halogenated alkanes) is 7. The van der Waals surface area contributed by atoms with Gasteiger partial charge in [0, 0.05) is 18.7 Å². The number of nitrogens with zero attached hydrogens (tertiary/aromatic N) is 1. The number of methoxy groups -OCH3 is 1. The molecule has 1 aromatic carbocycles. The molecule has 0 bridgehead atoms. The van der Waals surface area contributed by atoms with Crippen molar-refractivity contribution in [3.8, 4) is 0 Å². The minimum absolute atomic E-state index is 0.186. The number of ether oxygens (including phenoxy) is 2. The van der Waals surface area contributed by atoms with Crippen molar-refractivity contribution in [2.45, 2.75) is 70.8 Å². The Morgan fingerprint density at radius 1 is 0.970 bits per heavy atom. The van der Waals surface area contributed by atoms with Crippen molar-refractivity contribution in [2.24, 2.45) is 0 Å². The first kappa shape index (κ1) is 26.4. The molecule has 0 radical (unpaired) electrons. The minimum Gasteiger partial charge on any atom is -0.466 e. The fraction of sp³-hybridized carbons (Fsp3) is 0.600. The Morgan fingerprint density at radius 2 is 1.58 bits per heavy atom. The van der Waals surface area contributed by atoms with E-state index in [9.17, 15) is 19.2 Å². The summed E-state index contributed by atoms with van der Waals surface area (Å²) < 4.78 is 9.98. The number of carbonyl (C=O) groups excluding carboxylic acids is 4. The average Bonchev–Trinajstić information content (AvgIpc) is 2.83. The van der Waals surface area contributed by atoms with Crippen molar-refractivity contribution in [1.29, 1.82) is 0 Å². The van der Waals surface area contributed by atoms with Gasteiger partial charge in [-0.25, -0.2) is 4.79 Å². The molecular formula is C25H36N2O6. The zero-order valence-corrected chi connectivity index (χ0v) is 19.8. The SMILES string of the molecule is CCCCCCCCCCOC(=O)CC1C(=O)NCCN1C(=O)c1ccc(C(=O)OC)cc1. The third-order valence-electron chi connectivity index (χ3n) is 5.77. The second-order valence-electron chi connectivity index (χ2n) is 8.27. The molecule has 182 valence electrons. The van der Waals surface area contributed by atoms with Gasteiger partial charge in [0.25, 0.3) is 5.91 Å². The number of hydrogen-bond donors (Lipinski definition) is 1. The largest absolute Gasteiger partial charge is 0.466 e. The number of amides is 2. The van der Waals surface area contributed by atoms with Crippen molar-refractivity contribution < 1.29 is 28.7 Å². The molecule has 8 nitrogen and oxygen atoms in total. The van der Waals surface area contributed by atoms with Crippen molar-refractivity contribution in [1.82, 2.24) is 10.2 Å². The minimum atomic E-state index is -0.919. The van der Waals surface area contributed by atoms with Crippen LogP contribution in [0.15, 0.2) is 24.3 Å². The number of carbonyl (C=O) groups is 4. The number of piperazine rings is 1. The van der Waals surface area contributed by atoms with E-state index in [1.807, 2.05) is 0 Å². The van der Waals surface area contributed by atoms with Gasteiger partial charge >= 0.3 is 11.9 Å². The van der Waals surface area contributed by atoms with Gasteiger partial charge in [-0.2, -0.15) is 0 Å². The molecule has 1 unspecified atom stereocenters. The topological polar surface area (TPSA) is 102 Å². The van der Waals surface area contributed by atoms with Crippen LogP contribution < -0.4 is 5.32 Å². The predicted octanol–water partition coefficient (Wildman–Crippen LogP) is 3.49. The van der Waals surface area contributed by atoms with Crippen molar-refractivity contribution in [2.75, 3.05) is 26.8 Å². The van der Waals surface area contributed by atoms with Crippen LogP contribution in [-0.4, -0.2) is 61.5 Å². The zero-order chi connectivity index (χ0) is 24.1. The molecule has 1 aliphatic heterocycles. The summed E-state index contributed by atoms with van der Waals surface area (Å²) in [6.07, 6.45) is 9.00. The lowest BCUT2D eigenvalue weighted by atomic mass is 10.1. The fourth-order valence-corrected chi connectivity index (χ4v) is 3.83. The van der Waals surface area contributed by atoms with Gasteiger partial charge in [-0.05, 0) is 30.7 Å². The third kappa shape index (κ3) is 8.51. The van der Waals surface area contributed by atoms with Crippen molar-refractivity contribution in [3.63, 3.8) is 0 Å². The molecule has 2 rings (SSSR count). The van der Waals surface area contributed by atoms with Gasteiger partial charge in [0.05, 0.1) is 25.7 Å². The molecule has 1 aromatic rings. The molecule has 8 heteroatoms. The van der Waals surface area contributed by atoms with Crippen LogP contribution in [0.2, 0.25) is 0 Å². The van der Waals surface area contributed by atoms with Crippen LogP contribution in [0.4, 0.5) is 0 Å². The standard InChI is InChI=1S/C25H36N2O6/c1-3-4-5-6-7-8-9-10-17-33-22(28)18-21-23(29)26-15-16-27(21)24(30)19-11-13-20(14-12-19)25(31)32-2/h11-14,21H,3-10,15-18H2,1-2H3,(H,26,29). The second kappa shape index (κ2) is 14.3. The Hall–Kier alpha value is -2.90. The Balaban J connectivity index is 1.83. The fourth-order valence-electron chi connectivity index (χ4n) is 3.83. The quantitative estimate of drug-likeness (QED) is 0.357. The highest BCUT2D eigenvalue weighted by atomic mass is 16.5. The molecule has 0 aliphatic carbocycles. The van der Waals surface area contributed by atoms with Crippen LogP contribution in [0.5, 0.6) is 0 Å². The van der Waals surface area contributed by atoms with Crippen LogP contribution in [0.3, 0.4) is 0 Å². The Labute approximate surface area is 196 Å². The first-order valence-corrected chi connectivity index (χ1v) is 11.9.